The minimum Gasteiger partial charge on any atom is -0.480 e. The van der Waals surface area contributed by atoms with E-state index in [0.29, 0.717) is 12.6 Å². The van der Waals surface area contributed by atoms with Gasteiger partial charge in [-0.1, -0.05) is 12.8 Å². The Morgan fingerprint density at radius 1 is 1.53 bits per heavy atom. The zero-order valence-corrected chi connectivity index (χ0v) is 9.92. The number of carbonyl (C=O) groups is 1. The van der Waals surface area contributed by atoms with Crippen LogP contribution in [0.4, 0.5) is 0 Å². The molecule has 2 N–H and O–H groups in total. The third kappa shape index (κ3) is 2.92. The van der Waals surface area contributed by atoms with E-state index in [1.54, 1.807) is 14.0 Å². The van der Waals surface area contributed by atoms with E-state index in [0.717, 1.165) is 0 Å². The molecule has 0 aromatic heterocycles. The molecule has 1 saturated carbocycles. The predicted molar refractivity (Wildman–Crippen MR) is 60.0 cm³/mol. The van der Waals surface area contributed by atoms with E-state index in [4.69, 9.17) is 5.11 Å². The molecule has 0 spiro atoms. The fourth-order valence-electron chi connectivity index (χ4n) is 2.23. The van der Waals surface area contributed by atoms with Gasteiger partial charge in [0.05, 0.1) is 0 Å². The fraction of sp³-hybridized carbons (Fsp3) is 0.909. The van der Waals surface area contributed by atoms with Crippen molar-refractivity contribution in [3.8, 4) is 0 Å². The van der Waals surface area contributed by atoms with Crippen molar-refractivity contribution in [2.75, 3.05) is 20.6 Å². The van der Waals surface area contributed by atoms with Gasteiger partial charge in [0, 0.05) is 12.6 Å². The van der Waals surface area contributed by atoms with Crippen LogP contribution in [0.15, 0.2) is 0 Å². The first-order chi connectivity index (χ1) is 6.99. The van der Waals surface area contributed by atoms with E-state index >= 15 is 0 Å². The average Bonchev–Trinajstić information content (AvgIpc) is 2.70. The molecule has 88 valence electrons. The standard InChI is InChI=1S/C11H22N2O2/c1-11(12-2,10(14)15)8-13(3)9-6-4-5-7-9/h9,12H,4-8H2,1-3H3,(H,14,15). The Balaban J connectivity index is 2.54. The van der Waals surface area contributed by atoms with Crippen LogP contribution in [0.25, 0.3) is 0 Å². The van der Waals surface area contributed by atoms with Crippen molar-refractivity contribution in [3.63, 3.8) is 0 Å². The topological polar surface area (TPSA) is 52.6 Å². The van der Waals surface area contributed by atoms with Gasteiger partial charge < -0.3 is 15.3 Å². The first kappa shape index (κ1) is 12.5. The lowest BCUT2D eigenvalue weighted by Gasteiger charge is -2.33. The van der Waals surface area contributed by atoms with Crippen LogP contribution in [-0.4, -0.2) is 48.2 Å². The normalized spacial score (nSPS) is 21.9. The first-order valence-corrected chi connectivity index (χ1v) is 5.62. The SMILES string of the molecule is CNC(C)(CN(C)C1CCCC1)C(=O)O. The van der Waals surface area contributed by atoms with Crippen LogP contribution < -0.4 is 5.32 Å². The highest BCUT2D eigenvalue weighted by atomic mass is 16.4. The van der Waals surface area contributed by atoms with Gasteiger partial charge in [-0.25, -0.2) is 0 Å². The van der Waals surface area contributed by atoms with E-state index in [9.17, 15) is 4.79 Å². The largest absolute Gasteiger partial charge is 0.480 e. The van der Waals surface area contributed by atoms with E-state index in [-0.39, 0.29) is 0 Å². The molecule has 1 atom stereocenters. The molecule has 4 heteroatoms. The lowest BCUT2D eigenvalue weighted by molar-refractivity contribution is -0.144. The van der Waals surface area contributed by atoms with Crippen molar-refractivity contribution in [1.82, 2.24) is 10.2 Å². The molecule has 1 rings (SSSR count). The summed E-state index contributed by atoms with van der Waals surface area (Å²) in [5, 5.41) is 12.0. The number of likely N-dealkylation sites (N-methyl/N-ethyl adjacent to an activating group) is 2. The van der Waals surface area contributed by atoms with E-state index in [1.807, 2.05) is 7.05 Å². The van der Waals surface area contributed by atoms with Crippen molar-refractivity contribution in [3.05, 3.63) is 0 Å². The number of nitrogens with one attached hydrogen (secondary N) is 1. The smallest absolute Gasteiger partial charge is 0.324 e. The van der Waals surface area contributed by atoms with Crippen molar-refractivity contribution in [2.24, 2.45) is 0 Å². The van der Waals surface area contributed by atoms with Gasteiger partial charge in [-0.2, -0.15) is 0 Å². The van der Waals surface area contributed by atoms with Crippen LogP contribution in [-0.2, 0) is 4.79 Å². The van der Waals surface area contributed by atoms with Crippen molar-refractivity contribution in [1.29, 1.82) is 0 Å². The quantitative estimate of drug-likeness (QED) is 0.714. The summed E-state index contributed by atoms with van der Waals surface area (Å²) in [6, 6.07) is 0.567. The van der Waals surface area contributed by atoms with Gasteiger partial charge in [0.1, 0.15) is 5.54 Å². The highest BCUT2D eigenvalue weighted by Crippen LogP contribution is 2.23. The third-order valence-electron chi connectivity index (χ3n) is 3.54. The fourth-order valence-corrected chi connectivity index (χ4v) is 2.23. The van der Waals surface area contributed by atoms with Gasteiger partial charge >= 0.3 is 5.97 Å². The highest BCUT2D eigenvalue weighted by molar-refractivity contribution is 5.78. The van der Waals surface area contributed by atoms with Crippen LogP contribution in [0.1, 0.15) is 32.6 Å². The maximum absolute atomic E-state index is 11.1. The second kappa shape index (κ2) is 4.94. The van der Waals surface area contributed by atoms with E-state index in [1.165, 1.54) is 25.7 Å². The van der Waals surface area contributed by atoms with Crippen molar-refractivity contribution >= 4 is 5.97 Å². The molecule has 0 aliphatic heterocycles. The number of carboxylic acid groups (broad SMARTS) is 1. The van der Waals surface area contributed by atoms with Gasteiger partial charge in [-0.05, 0) is 33.9 Å². The molecular weight excluding hydrogens is 192 g/mol. The number of hydrogen-bond acceptors (Lipinski definition) is 3. The molecular formula is C11H22N2O2. The van der Waals surface area contributed by atoms with Crippen LogP contribution in [0.3, 0.4) is 0 Å². The number of nitrogens with zero attached hydrogens (tertiary/aromatic N) is 1. The zero-order valence-electron chi connectivity index (χ0n) is 9.92. The summed E-state index contributed by atoms with van der Waals surface area (Å²) in [7, 11) is 3.73. The number of aliphatic carboxylic acids is 1. The second-order valence-corrected chi connectivity index (χ2v) is 4.74. The summed E-state index contributed by atoms with van der Waals surface area (Å²) >= 11 is 0. The molecule has 0 heterocycles. The predicted octanol–water partition coefficient (Wildman–Crippen LogP) is 0.923. The average molecular weight is 214 g/mol. The highest BCUT2D eigenvalue weighted by Gasteiger charge is 2.34. The Kier molecular flexibility index (Phi) is 4.11. The summed E-state index contributed by atoms with van der Waals surface area (Å²) in [5.41, 5.74) is -0.836. The molecule has 0 amide bonds. The molecule has 4 nitrogen and oxygen atoms in total. The minimum absolute atomic E-state index is 0.559. The second-order valence-electron chi connectivity index (χ2n) is 4.74. The molecule has 0 saturated heterocycles. The molecule has 0 radical (unpaired) electrons. The number of rotatable bonds is 5. The minimum atomic E-state index is -0.836. The van der Waals surface area contributed by atoms with Gasteiger partial charge in [0.2, 0.25) is 0 Å². The van der Waals surface area contributed by atoms with E-state index in [2.05, 4.69) is 10.2 Å². The molecule has 15 heavy (non-hydrogen) atoms. The van der Waals surface area contributed by atoms with E-state index < -0.39 is 11.5 Å². The number of hydrogen-bond donors (Lipinski definition) is 2. The summed E-state index contributed by atoms with van der Waals surface area (Å²) in [6.07, 6.45) is 4.96. The Morgan fingerprint density at radius 2 is 2.07 bits per heavy atom. The lowest BCUT2D eigenvalue weighted by Crippen LogP contribution is -2.56. The summed E-state index contributed by atoms with van der Waals surface area (Å²) < 4.78 is 0. The molecule has 1 aliphatic carbocycles. The Morgan fingerprint density at radius 3 is 2.47 bits per heavy atom. The summed E-state index contributed by atoms with van der Waals surface area (Å²) in [4.78, 5) is 13.3. The zero-order chi connectivity index (χ0) is 11.5. The Bertz CT molecular complexity index is 227. The Labute approximate surface area is 91.6 Å². The summed E-state index contributed by atoms with van der Waals surface area (Å²) in [6.45, 7) is 2.30. The van der Waals surface area contributed by atoms with Gasteiger partial charge in [-0.3, -0.25) is 4.79 Å². The Hall–Kier alpha value is -0.610. The van der Waals surface area contributed by atoms with Crippen LogP contribution in [0.2, 0.25) is 0 Å². The number of carboxylic acids is 1. The third-order valence-corrected chi connectivity index (χ3v) is 3.54. The first-order valence-electron chi connectivity index (χ1n) is 5.62. The molecule has 0 aromatic rings. The maximum atomic E-state index is 11.1. The molecule has 0 bridgehead atoms. The summed E-state index contributed by atoms with van der Waals surface area (Å²) in [5.74, 6) is -0.783. The van der Waals surface area contributed by atoms with Crippen molar-refractivity contribution < 1.29 is 9.90 Å². The lowest BCUT2D eigenvalue weighted by atomic mass is 10.0. The van der Waals surface area contributed by atoms with Gasteiger partial charge in [-0.15, -0.1) is 0 Å². The van der Waals surface area contributed by atoms with Gasteiger partial charge in [0.25, 0.3) is 0 Å². The molecule has 1 fully saturated rings. The van der Waals surface area contributed by atoms with Crippen LogP contribution in [0, 0.1) is 0 Å². The molecule has 0 aromatic carbocycles. The monoisotopic (exact) mass is 214 g/mol. The van der Waals surface area contributed by atoms with Crippen LogP contribution >= 0.6 is 0 Å². The maximum Gasteiger partial charge on any atom is 0.324 e. The molecule has 1 unspecified atom stereocenters. The van der Waals surface area contributed by atoms with Gasteiger partial charge in [0.15, 0.2) is 0 Å². The van der Waals surface area contributed by atoms with Crippen molar-refractivity contribution in [2.45, 2.75) is 44.2 Å². The van der Waals surface area contributed by atoms with Crippen LogP contribution in [0.5, 0.6) is 0 Å². The molecule has 1 aliphatic rings.